The number of sulfonamides is 1. The van der Waals surface area contributed by atoms with Crippen LogP contribution >= 0.6 is 0 Å². The van der Waals surface area contributed by atoms with Crippen LogP contribution in [0.2, 0.25) is 0 Å². The lowest BCUT2D eigenvalue weighted by atomic mass is 9.96. The zero-order chi connectivity index (χ0) is 19.4. The average molecular weight is 389 g/mol. The van der Waals surface area contributed by atoms with Gasteiger partial charge in [-0.3, -0.25) is 4.79 Å². The number of anilines is 1. The first-order valence-corrected chi connectivity index (χ1v) is 9.91. The molecule has 0 saturated carbocycles. The Morgan fingerprint density at radius 2 is 1.74 bits per heavy atom. The van der Waals surface area contributed by atoms with Crippen LogP contribution in [0, 0.1) is 5.92 Å². The minimum atomic E-state index is -3.87. The molecule has 1 aliphatic rings. The highest BCUT2D eigenvalue weighted by atomic mass is 32.2. The van der Waals surface area contributed by atoms with Crippen molar-refractivity contribution in [2.45, 2.75) is 17.7 Å². The number of rotatable bonds is 5. The predicted molar refractivity (Wildman–Crippen MR) is 97.9 cm³/mol. The second-order valence-electron chi connectivity index (χ2n) is 6.25. The molecule has 0 unspecified atom stereocenters. The third-order valence-electron chi connectivity index (χ3n) is 4.47. The molecule has 1 saturated heterocycles. The maximum atomic E-state index is 12.4. The molecule has 3 rings (SSSR count). The summed E-state index contributed by atoms with van der Waals surface area (Å²) in [6.45, 7) is 1.06. The van der Waals surface area contributed by atoms with E-state index in [9.17, 15) is 18.0 Å². The zero-order valence-corrected chi connectivity index (χ0v) is 15.2. The summed E-state index contributed by atoms with van der Waals surface area (Å²) in [4.78, 5) is 29.4. The largest absolute Gasteiger partial charge is 0.478 e. The Hall–Kier alpha value is -2.94. The standard InChI is InChI=1S/C18H19N3O5S/c22-17(20-27(25,26)15-4-2-1-3-5-15)13-8-10-21(11-9-13)16-7-6-14(12-19-16)18(23)24/h1-7,12-13H,8-11H2,(H,20,22)(H,23,24). The summed E-state index contributed by atoms with van der Waals surface area (Å²) in [6, 6.07) is 10.9. The second-order valence-corrected chi connectivity index (χ2v) is 7.94. The molecule has 1 aromatic carbocycles. The Balaban J connectivity index is 1.58. The Bertz CT molecular complexity index is 921. The van der Waals surface area contributed by atoms with Gasteiger partial charge in [0.1, 0.15) is 5.82 Å². The molecule has 0 atom stereocenters. The molecule has 27 heavy (non-hydrogen) atoms. The van der Waals surface area contributed by atoms with Crippen molar-refractivity contribution in [3.63, 3.8) is 0 Å². The molecule has 1 amide bonds. The van der Waals surface area contributed by atoms with Crippen molar-refractivity contribution in [3.8, 4) is 0 Å². The molecular formula is C18H19N3O5S. The summed E-state index contributed by atoms with van der Waals surface area (Å²) in [7, 11) is -3.87. The van der Waals surface area contributed by atoms with Crippen LogP contribution < -0.4 is 9.62 Å². The highest BCUT2D eigenvalue weighted by Crippen LogP contribution is 2.22. The fraction of sp³-hybridized carbons (Fsp3) is 0.278. The van der Waals surface area contributed by atoms with Gasteiger partial charge in [0.2, 0.25) is 5.91 Å². The van der Waals surface area contributed by atoms with Crippen LogP contribution in [0.1, 0.15) is 23.2 Å². The lowest BCUT2D eigenvalue weighted by Crippen LogP contribution is -2.42. The van der Waals surface area contributed by atoms with E-state index in [-0.39, 0.29) is 10.5 Å². The van der Waals surface area contributed by atoms with Gasteiger partial charge in [-0.15, -0.1) is 0 Å². The van der Waals surface area contributed by atoms with Crippen LogP contribution in [-0.4, -0.2) is 43.5 Å². The molecule has 8 nitrogen and oxygen atoms in total. The number of hydrogen-bond acceptors (Lipinski definition) is 6. The summed E-state index contributed by atoms with van der Waals surface area (Å²) in [5.74, 6) is -1.31. The molecule has 9 heteroatoms. The van der Waals surface area contributed by atoms with Crippen LogP contribution in [0.15, 0.2) is 53.6 Å². The van der Waals surface area contributed by atoms with E-state index < -0.39 is 27.8 Å². The molecular weight excluding hydrogens is 370 g/mol. The second kappa shape index (κ2) is 7.75. The number of pyridine rings is 1. The Morgan fingerprint density at radius 3 is 2.30 bits per heavy atom. The first-order valence-electron chi connectivity index (χ1n) is 8.43. The van der Waals surface area contributed by atoms with E-state index >= 15 is 0 Å². The van der Waals surface area contributed by atoms with Gasteiger partial charge in [-0.25, -0.2) is 22.9 Å². The van der Waals surface area contributed by atoms with Gasteiger partial charge in [0.05, 0.1) is 10.5 Å². The molecule has 2 heterocycles. The first kappa shape index (κ1) is 18.8. The monoisotopic (exact) mass is 389 g/mol. The van der Waals surface area contributed by atoms with Crippen LogP contribution in [0.4, 0.5) is 5.82 Å². The SMILES string of the molecule is O=C(O)c1ccc(N2CCC(C(=O)NS(=O)(=O)c3ccccc3)CC2)nc1. The summed E-state index contributed by atoms with van der Waals surface area (Å²) in [5.41, 5.74) is 0.110. The average Bonchev–Trinajstić information content (AvgIpc) is 2.68. The number of carbonyl (C=O) groups is 2. The van der Waals surface area contributed by atoms with E-state index in [0.717, 1.165) is 0 Å². The molecule has 0 radical (unpaired) electrons. The van der Waals surface area contributed by atoms with E-state index in [1.165, 1.54) is 24.4 Å². The van der Waals surface area contributed by atoms with Crippen LogP contribution in [0.5, 0.6) is 0 Å². The maximum Gasteiger partial charge on any atom is 0.337 e. The van der Waals surface area contributed by atoms with Crippen LogP contribution in [-0.2, 0) is 14.8 Å². The number of carbonyl (C=O) groups excluding carboxylic acids is 1. The number of nitrogens with one attached hydrogen (secondary N) is 1. The summed E-state index contributed by atoms with van der Waals surface area (Å²) >= 11 is 0. The number of nitrogens with zero attached hydrogens (tertiary/aromatic N) is 2. The van der Waals surface area contributed by atoms with Crippen molar-refractivity contribution in [1.82, 2.24) is 9.71 Å². The number of amides is 1. The molecule has 0 bridgehead atoms. The van der Waals surface area contributed by atoms with Gasteiger partial charge in [0.15, 0.2) is 0 Å². The normalized spacial score (nSPS) is 15.3. The third-order valence-corrected chi connectivity index (χ3v) is 5.84. The molecule has 1 fully saturated rings. The minimum absolute atomic E-state index is 0.0542. The fourth-order valence-corrected chi connectivity index (χ4v) is 4.01. The Morgan fingerprint density at radius 1 is 1.07 bits per heavy atom. The van der Waals surface area contributed by atoms with Crippen molar-refractivity contribution in [1.29, 1.82) is 0 Å². The summed E-state index contributed by atoms with van der Waals surface area (Å²) in [6.07, 6.45) is 2.26. The van der Waals surface area contributed by atoms with Crippen LogP contribution in [0.3, 0.4) is 0 Å². The van der Waals surface area contributed by atoms with E-state index in [0.29, 0.717) is 31.7 Å². The molecule has 142 valence electrons. The molecule has 0 aliphatic carbocycles. The molecule has 2 N–H and O–H groups in total. The number of aromatic carboxylic acids is 1. The van der Waals surface area contributed by atoms with E-state index in [1.807, 2.05) is 4.90 Å². The highest BCUT2D eigenvalue weighted by molar-refractivity contribution is 7.90. The Labute approximate surface area is 156 Å². The lowest BCUT2D eigenvalue weighted by Gasteiger charge is -2.32. The van der Waals surface area contributed by atoms with E-state index in [1.54, 1.807) is 24.3 Å². The van der Waals surface area contributed by atoms with Gasteiger partial charge in [-0.05, 0) is 37.1 Å². The Kier molecular flexibility index (Phi) is 5.41. The van der Waals surface area contributed by atoms with Crippen molar-refractivity contribution in [3.05, 3.63) is 54.2 Å². The van der Waals surface area contributed by atoms with Crippen LogP contribution in [0.25, 0.3) is 0 Å². The molecule has 1 aromatic heterocycles. The van der Waals surface area contributed by atoms with Gasteiger partial charge in [-0.1, -0.05) is 18.2 Å². The number of hydrogen-bond donors (Lipinski definition) is 2. The van der Waals surface area contributed by atoms with Crippen molar-refractivity contribution in [2.75, 3.05) is 18.0 Å². The van der Waals surface area contributed by atoms with Gasteiger partial charge in [-0.2, -0.15) is 0 Å². The van der Waals surface area contributed by atoms with Gasteiger partial charge in [0, 0.05) is 25.2 Å². The molecule has 2 aromatic rings. The lowest BCUT2D eigenvalue weighted by molar-refractivity contribution is -0.123. The van der Waals surface area contributed by atoms with Crippen molar-refractivity contribution in [2.24, 2.45) is 5.92 Å². The predicted octanol–water partition coefficient (Wildman–Crippen LogP) is 1.50. The topological polar surface area (TPSA) is 117 Å². The highest BCUT2D eigenvalue weighted by Gasteiger charge is 2.28. The maximum absolute atomic E-state index is 12.4. The fourth-order valence-electron chi connectivity index (χ4n) is 2.94. The number of aromatic nitrogens is 1. The quantitative estimate of drug-likeness (QED) is 0.796. The molecule has 1 aliphatic heterocycles. The van der Waals surface area contributed by atoms with E-state index in [4.69, 9.17) is 5.11 Å². The van der Waals surface area contributed by atoms with Gasteiger partial charge >= 0.3 is 5.97 Å². The molecule has 0 spiro atoms. The van der Waals surface area contributed by atoms with Gasteiger partial charge < -0.3 is 10.0 Å². The van der Waals surface area contributed by atoms with Crippen molar-refractivity contribution < 1.29 is 23.1 Å². The summed E-state index contributed by atoms with van der Waals surface area (Å²) < 4.78 is 26.7. The minimum Gasteiger partial charge on any atom is -0.478 e. The zero-order valence-electron chi connectivity index (χ0n) is 14.4. The van der Waals surface area contributed by atoms with Crippen molar-refractivity contribution >= 4 is 27.7 Å². The smallest absolute Gasteiger partial charge is 0.337 e. The number of carboxylic acid groups (broad SMARTS) is 1. The van der Waals surface area contributed by atoms with Gasteiger partial charge in [0.25, 0.3) is 10.0 Å². The number of benzene rings is 1. The third kappa shape index (κ3) is 4.43. The number of piperidine rings is 1. The number of carboxylic acids is 1. The first-order chi connectivity index (χ1) is 12.9. The summed E-state index contributed by atoms with van der Waals surface area (Å²) in [5, 5.41) is 8.91. The van der Waals surface area contributed by atoms with E-state index in [2.05, 4.69) is 9.71 Å².